The number of nitrogens with zero attached hydrogens (tertiary/aromatic N) is 1. The summed E-state index contributed by atoms with van der Waals surface area (Å²) in [7, 11) is 0. The van der Waals surface area contributed by atoms with Gasteiger partial charge in [-0.1, -0.05) is 12.1 Å². The molecule has 0 amide bonds. The molecule has 1 aromatic carbocycles. The van der Waals surface area contributed by atoms with Crippen molar-refractivity contribution < 1.29 is 18.7 Å². The molecule has 0 bridgehead atoms. The number of halogens is 1. The van der Waals surface area contributed by atoms with Crippen LogP contribution in [0.1, 0.15) is 18.6 Å². The van der Waals surface area contributed by atoms with E-state index in [0.29, 0.717) is 18.8 Å². The van der Waals surface area contributed by atoms with E-state index in [2.05, 4.69) is 10.2 Å². The van der Waals surface area contributed by atoms with Crippen molar-refractivity contribution in [3.63, 3.8) is 0 Å². The maximum Gasteiger partial charge on any atom is 0.146 e. The Hall–Kier alpha value is -1.89. The van der Waals surface area contributed by atoms with E-state index in [1.54, 1.807) is 18.4 Å². The van der Waals surface area contributed by atoms with E-state index >= 15 is 0 Å². The number of benzene rings is 1. The van der Waals surface area contributed by atoms with Crippen molar-refractivity contribution >= 4 is 5.69 Å². The first-order valence-electron chi connectivity index (χ1n) is 8.72. The molecule has 1 fully saturated rings. The van der Waals surface area contributed by atoms with Crippen LogP contribution in [0, 0.1) is 5.82 Å². The summed E-state index contributed by atoms with van der Waals surface area (Å²) in [6.07, 6.45) is 2.93. The smallest absolute Gasteiger partial charge is 0.146 e. The lowest BCUT2D eigenvalue weighted by Gasteiger charge is -2.33. The van der Waals surface area contributed by atoms with Crippen LogP contribution in [0.3, 0.4) is 0 Å². The van der Waals surface area contributed by atoms with Crippen LogP contribution in [0.5, 0.6) is 0 Å². The Kier molecular flexibility index (Phi) is 6.44. The molecule has 0 unspecified atom stereocenters. The molecule has 136 valence electrons. The highest BCUT2D eigenvalue weighted by molar-refractivity contribution is 5.45. The molecular formula is C19H25FN2O3. The Morgan fingerprint density at radius 3 is 2.76 bits per heavy atom. The standard InChI is InChI=1S/C19H25FN2O3/c20-18-5-1-2-6-19(18)21-15-7-9-22(10-8-15)12-16(23)13-24-14-17-4-3-11-25-17/h1-6,11,15-16,21,23H,7-10,12-14H2/t16-/m1/s1. The second-order valence-electron chi connectivity index (χ2n) is 6.45. The molecule has 1 saturated heterocycles. The van der Waals surface area contributed by atoms with Gasteiger partial charge in [0.15, 0.2) is 0 Å². The average molecular weight is 348 g/mol. The van der Waals surface area contributed by atoms with Gasteiger partial charge in [0.25, 0.3) is 0 Å². The van der Waals surface area contributed by atoms with E-state index in [4.69, 9.17) is 9.15 Å². The van der Waals surface area contributed by atoms with E-state index in [-0.39, 0.29) is 18.5 Å². The van der Waals surface area contributed by atoms with Gasteiger partial charge in [0.2, 0.25) is 0 Å². The van der Waals surface area contributed by atoms with Crippen LogP contribution >= 0.6 is 0 Å². The van der Waals surface area contributed by atoms with Crippen molar-refractivity contribution in [1.82, 2.24) is 4.90 Å². The first kappa shape index (κ1) is 17.9. The molecule has 0 saturated carbocycles. The van der Waals surface area contributed by atoms with Crippen LogP contribution in [0.2, 0.25) is 0 Å². The fourth-order valence-electron chi connectivity index (χ4n) is 3.10. The topological polar surface area (TPSA) is 57.9 Å². The largest absolute Gasteiger partial charge is 0.467 e. The van der Waals surface area contributed by atoms with Gasteiger partial charge in [-0.2, -0.15) is 0 Å². The Balaban J connectivity index is 1.34. The molecule has 0 aliphatic carbocycles. The summed E-state index contributed by atoms with van der Waals surface area (Å²) in [6.45, 7) is 3.00. The predicted octanol–water partition coefficient (Wildman–Crippen LogP) is 2.87. The minimum absolute atomic E-state index is 0.214. The van der Waals surface area contributed by atoms with Gasteiger partial charge >= 0.3 is 0 Å². The van der Waals surface area contributed by atoms with Crippen LogP contribution in [0.25, 0.3) is 0 Å². The van der Waals surface area contributed by atoms with E-state index < -0.39 is 6.10 Å². The monoisotopic (exact) mass is 348 g/mol. The molecule has 1 aliphatic heterocycles. The lowest BCUT2D eigenvalue weighted by atomic mass is 10.0. The van der Waals surface area contributed by atoms with Crippen molar-refractivity contribution in [2.24, 2.45) is 0 Å². The summed E-state index contributed by atoms with van der Waals surface area (Å²) in [6, 6.07) is 10.7. The molecule has 3 rings (SSSR count). The average Bonchev–Trinajstić information content (AvgIpc) is 3.12. The third-order valence-corrected chi connectivity index (χ3v) is 4.42. The Morgan fingerprint density at radius 1 is 1.24 bits per heavy atom. The first-order chi connectivity index (χ1) is 12.2. The molecule has 2 N–H and O–H groups in total. The number of nitrogens with one attached hydrogen (secondary N) is 1. The molecule has 1 atom stereocenters. The maximum absolute atomic E-state index is 13.7. The Bertz CT molecular complexity index is 627. The molecule has 6 heteroatoms. The number of aliphatic hydroxyl groups is 1. The molecule has 0 spiro atoms. The molecule has 2 heterocycles. The third kappa shape index (κ3) is 5.56. The zero-order chi connectivity index (χ0) is 17.5. The van der Waals surface area contributed by atoms with Gasteiger partial charge in [0, 0.05) is 25.7 Å². The molecule has 1 aliphatic rings. The number of rotatable bonds is 8. The summed E-state index contributed by atoms with van der Waals surface area (Å²) >= 11 is 0. The summed E-state index contributed by atoms with van der Waals surface area (Å²) in [5, 5.41) is 13.4. The fourth-order valence-corrected chi connectivity index (χ4v) is 3.10. The van der Waals surface area contributed by atoms with E-state index in [1.165, 1.54) is 6.07 Å². The number of β-amino-alcohol motifs (C(OH)–C–C–N with tert-alkyl or cyclic N) is 1. The minimum Gasteiger partial charge on any atom is -0.467 e. The molecular weight excluding hydrogens is 323 g/mol. The molecule has 25 heavy (non-hydrogen) atoms. The number of aliphatic hydroxyl groups excluding tert-OH is 1. The van der Waals surface area contributed by atoms with Crippen LogP contribution in [-0.2, 0) is 11.3 Å². The predicted molar refractivity (Wildman–Crippen MR) is 93.9 cm³/mol. The van der Waals surface area contributed by atoms with Crippen molar-refractivity contribution in [2.75, 3.05) is 31.6 Å². The number of furan rings is 1. The summed E-state index contributed by atoms with van der Waals surface area (Å²) in [5.74, 6) is 0.543. The van der Waals surface area contributed by atoms with Crippen LogP contribution in [-0.4, -0.2) is 48.4 Å². The minimum atomic E-state index is -0.522. The molecule has 1 aromatic heterocycles. The fraction of sp³-hybridized carbons (Fsp3) is 0.474. The lowest BCUT2D eigenvalue weighted by molar-refractivity contribution is 0.00213. The highest BCUT2D eigenvalue weighted by atomic mass is 19.1. The summed E-state index contributed by atoms with van der Waals surface area (Å²) < 4.78 is 24.3. The van der Waals surface area contributed by atoms with Gasteiger partial charge in [0.05, 0.1) is 24.7 Å². The van der Waals surface area contributed by atoms with Crippen molar-refractivity contribution in [3.8, 4) is 0 Å². The number of para-hydroxylation sites is 1. The highest BCUT2D eigenvalue weighted by Crippen LogP contribution is 2.19. The van der Waals surface area contributed by atoms with Crippen LogP contribution in [0.4, 0.5) is 10.1 Å². The van der Waals surface area contributed by atoms with Gasteiger partial charge in [-0.3, -0.25) is 0 Å². The maximum atomic E-state index is 13.7. The second-order valence-corrected chi connectivity index (χ2v) is 6.45. The van der Waals surface area contributed by atoms with Gasteiger partial charge in [-0.25, -0.2) is 4.39 Å². The Morgan fingerprint density at radius 2 is 2.04 bits per heavy atom. The van der Waals surface area contributed by atoms with Gasteiger partial charge in [-0.05, 0) is 37.1 Å². The number of piperidine rings is 1. The Labute approximate surface area is 147 Å². The summed E-state index contributed by atoms with van der Waals surface area (Å²) in [4.78, 5) is 2.22. The molecule has 5 nitrogen and oxygen atoms in total. The summed E-state index contributed by atoms with van der Waals surface area (Å²) in [5.41, 5.74) is 0.562. The zero-order valence-electron chi connectivity index (χ0n) is 14.2. The number of hydrogen-bond acceptors (Lipinski definition) is 5. The van der Waals surface area contributed by atoms with Crippen molar-refractivity contribution in [3.05, 3.63) is 54.2 Å². The third-order valence-electron chi connectivity index (χ3n) is 4.42. The van der Waals surface area contributed by atoms with Crippen molar-refractivity contribution in [1.29, 1.82) is 0 Å². The van der Waals surface area contributed by atoms with Gasteiger partial charge in [-0.15, -0.1) is 0 Å². The number of ether oxygens (including phenoxy) is 1. The van der Waals surface area contributed by atoms with E-state index in [9.17, 15) is 9.50 Å². The zero-order valence-corrected chi connectivity index (χ0v) is 14.2. The molecule has 2 aromatic rings. The van der Waals surface area contributed by atoms with E-state index in [1.807, 2.05) is 18.2 Å². The van der Waals surface area contributed by atoms with Crippen molar-refractivity contribution in [2.45, 2.75) is 31.6 Å². The SMILES string of the molecule is O[C@@H](COCc1ccco1)CN1CCC(Nc2ccccc2F)CC1. The highest BCUT2D eigenvalue weighted by Gasteiger charge is 2.21. The quantitative estimate of drug-likeness (QED) is 0.768. The molecule has 0 radical (unpaired) electrons. The second kappa shape index (κ2) is 8.99. The number of hydrogen-bond donors (Lipinski definition) is 2. The van der Waals surface area contributed by atoms with Crippen LogP contribution < -0.4 is 5.32 Å². The first-order valence-corrected chi connectivity index (χ1v) is 8.72. The van der Waals surface area contributed by atoms with Crippen LogP contribution in [0.15, 0.2) is 47.1 Å². The van der Waals surface area contributed by atoms with Gasteiger partial charge < -0.3 is 24.5 Å². The number of likely N-dealkylation sites (tertiary alicyclic amines) is 1. The van der Waals surface area contributed by atoms with E-state index in [0.717, 1.165) is 31.7 Å². The lowest BCUT2D eigenvalue weighted by Crippen LogP contribution is -2.43. The normalized spacial score (nSPS) is 17.5. The van der Waals surface area contributed by atoms with Gasteiger partial charge in [0.1, 0.15) is 18.2 Å². The number of anilines is 1.